The highest BCUT2D eigenvalue weighted by molar-refractivity contribution is 7.15. The Bertz CT molecular complexity index is 712. The topological polar surface area (TPSA) is 38.4 Å². The number of likely N-dealkylation sites (tertiary alicyclic amines) is 1. The Morgan fingerprint density at radius 3 is 3.14 bits per heavy atom. The Morgan fingerprint density at radius 1 is 1.38 bits per heavy atom. The predicted octanol–water partition coefficient (Wildman–Crippen LogP) is 2.57. The van der Waals surface area contributed by atoms with Crippen LogP contribution >= 0.6 is 11.3 Å². The molecule has 1 aliphatic heterocycles. The number of aryl methyl sites for hydroxylation is 1. The van der Waals surface area contributed by atoms with Crippen LogP contribution in [0.25, 0.3) is 4.96 Å². The van der Waals surface area contributed by atoms with Gasteiger partial charge in [-0.1, -0.05) is 0 Å². The lowest BCUT2D eigenvalue weighted by molar-refractivity contribution is 0.217. The minimum atomic E-state index is 0.573. The summed E-state index contributed by atoms with van der Waals surface area (Å²) in [5, 5.41) is 6.49. The Labute approximate surface area is 127 Å². The van der Waals surface area contributed by atoms with E-state index in [0.717, 1.165) is 24.6 Å². The van der Waals surface area contributed by atoms with Crippen LogP contribution in [0.1, 0.15) is 24.1 Å². The van der Waals surface area contributed by atoms with Crippen LogP contribution in [0.4, 0.5) is 0 Å². The van der Waals surface area contributed by atoms with Gasteiger partial charge < -0.3 is 0 Å². The molecule has 6 heteroatoms. The molecule has 1 saturated heterocycles. The number of aromatic nitrogens is 4. The first-order valence-corrected chi connectivity index (χ1v) is 8.30. The molecule has 0 spiro atoms. The minimum Gasteiger partial charge on any atom is -0.297 e. The summed E-state index contributed by atoms with van der Waals surface area (Å²) < 4.78 is 4.19. The van der Waals surface area contributed by atoms with Gasteiger partial charge in [-0.05, 0) is 31.9 Å². The van der Waals surface area contributed by atoms with E-state index in [9.17, 15) is 0 Å². The molecule has 3 aromatic rings. The van der Waals surface area contributed by atoms with E-state index >= 15 is 0 Å². The molecule has 110 valence electrons. The third-order valence-corrected chi connectivity index (χ3v) is 4.94. The quantitative estimate of drug-likeness (QED) is 0.743. The molecule has 3 aromatic heterocycles. The van der Waals surface area contributed by atoms with Gasteiger partial charge in [-0.25, -0.2) is 4.98 Å². The van der Waals surface area contributed by atoms with Crippen molar-refractivity contribution in [3.8, 4) is 0 Å². The van der Waals surface area contributed by atoms with Crippen LogP contribution < -0.4 is 0 Å². The Balaban J connectivity index is 1.47. The molecule has 1 atom stereocenters. The normalized spacial score (nSPS) is 19.8. The van der Waals surface area contributed by atoms with Gasteiger partial charge in [-0.3, -0.25) is 14.0 Å². The largest absolute Gasteiger partial charge is 0.297 e. The summed E-state index contributed by atoms with van der Waals surface area (Å²) in [6.07, 6.45) is 10.8. The van der Waals surface area contributed by atoms with Crippen LogP contribution in [0.2, 0.25) is 0 Å². The zero-order chi connectivity index (χ0) is 14.2. The maximum absolute atomic E-state index is 4.70. The standard InChI is InChI=1S/C15H19N5S/c1-12-7-16-20(8-12)11-14-3-2-4-18(14)9-13-10-19-5-6-21-15(19)17-13/h5-8,10,14H,2-4,9,11H2,1H3/t14-/m0/s1. The van der Waals surface area contributed by atoms with Crippen molar-refractivity contribution >= 4 is 16.3 Å². The number of hydrogen-bond donors (Lipinski definition) is 0. The lowest BCUT2D eigenvalue weighted by Crippen LogP contribution is -2.32. The molecule has 0 radical (unpaired) electrons. The Kier molecular flexibility index (Phi) is 3.27. The van der Waals surface area contributed by atoms with Gasteiger partial charge in [-0.2, -0.15) is 5.10 Å². The van der Waals surface area contributed by atoms with E-state index in [0.29, 0.717) is 6.04 Å². The Morgan fingerprint density at radius 2 is 2.33 bits per heavy atom. The molecule has 21 heavy (non-hydrogen) atoms. The predicted molar refractivity (Wildman–Crippen MR) is 83.5 cm³/mol. The van der Waals surface area contributed by atoms with Gasteiger partial charge in [0.25, 0.3) is 0 Å². The maximum atomic E-state index is 4.70. The zero-order valence-corrected chi connectivity index (χ0v) is 13.0. The first-order chi connectivity index (χ1) is 10.3. The van der Waals surface area contributed by atoms with Crippen molar-refractivity contribution in [1.29, 1.82) is 0 Å². The monoisotopic (exact) mass is 301 g/mol. The molecule has 0 aromatic carbocycles. The summed E-state index contributed by atoms with van der Waals surface area (Å²) in [6, 6.07) is 0.573. The molecule has 0 amide bonds. The van der Waals surface area contributed by atoms with Gasteiger partial charge in [0.15, 0.2) is 4.96 Å². The highest BCUT2D eigenvalue weighted by atomic mass is 32.1. The third-order valence-electron chi connectivity index (χ3n) is 4.17. The van der Waals surface area contributed by atoms with Crippen LogP contribution in [0.15, 0.2) is 30.2 Å². The number of rotatable bonds is 4. The van der Waals surface area contributed by atoms with Crippen molar-refractivity contribution in [3.05, 3.63) is 41.4 Å². The van der Waals surface area contributed by atoms with E-state index in [1.807, 2.05) is 6.20 Å². The second-order valence-corrected chi connectivity index (χ2v) is 6.70. The third kappa shape index (κ3) is 2.61. The molecular formula is C15H19N5S. The molecule has 1 fully saturated rings. The lowest BCUT2D eigenvalue weighted by Gasteiger charge is -2.23. The molecule has 1 aliphatic rings. The number of hydrogen-bond acceptors (Lipinski definition) is 4. The van der Waals surface area contributed by atoms with E-state index in [1.54, 1.807) is 11.3 Å². The lowest BCUT2D eigenvalue weighted by atomic mass is 10.2. The first-order valence-electron chi connectivity index (χ1n) is 7.42. The molecule has 0 saturated carbocycles. The second kappa shape index (κ2) is 5.27. The summed E-state index contributed by atoms with van der Waals surface area (Å²) in [5.41, 5.74) is 2.40. The summed E-state index contributed by atoms with van der Waals surface area (Å²) in [6.45, 7) is 5.18. The van der Waals surface area contributed by atoms with Gasteiger partial charge in [0.05, 0.1) is 18.4 Å². The van der Waals surface area contributed by atoms with Crippen LogP contribution in [-0.4, -0.2) is 36.7 Å². The van der Waals surface area contributed by atoms with Gasteiger partial charge in [0.2, 0.25) is 0 Å². The molecule has 0 bridgehead atoms. The molecule has 4 rings (SSSR count). The molecule has 4 heterocycles. The maximum Gasteiger partial charge on any atom is 0.193 e. The SMILES string of the molecule is Cc1cnn(C[C@@H]2CCCN2Cc2cn3ccsc3n2)c1. The van der Waals surface area contributed by atoms with E-state index in [1.165, 1.54) is 24.1 Å². The van der Waals surface area contributed by atoms with Crippen molar-refractivity contribution in [2.75, 3.05) is 6.54 Å². The second-order valence-electron chi connectivity index (χ2n) is 5.83. The van der Waals surface area contributed by atoms with Gasteiger partial charge in [-0.15, -0.1) is 11.3 Å². The fraction of sp³-hybridized carbons (Fsp3) is 0.467. The number of fused-ring (bicyclic) bond motifs is 1. The molecule has 5 nitrogen and oxygen atoms in total. The number of imidazole rings is 1. The number of nitrogens with zero attached hydrogens (tertiary/aromatic N) is 5. The van der Waals surface area contributed by atoms with E-state index in [2.05, 4.69) is 50.0 Å². The average Bonchev–Trinajstić information content (AvgIpc) is 3.17. The van der Waals surface area contributed by atoms with Crippen molar-refractivity contribution in [1.82, 2.24) is 24.1 Å². The van der Waals surface area contributed by atoms with Crippen molar-refractivity contribution in [2.45, 2.75) is 38.9 Å². The zero-order valence-electron chi connectivity index (χ0n) is 12.1. The number of thiazole rings is 1. The first kappa shape index (κ1) is 13.0. The minimum absolute atomic E-state index is 0.573. The van der Waals surface area contributed by atoms with Crippen LogP contribution in [-0.2, 0) is 13.1 Å². The average molecular weight is 301 g/mol. The molecule has 0 unspecified atom stereocenters. The van der Waals surface area contributed by atoms with Crippen LogP contribution in [0.5, 0.6) is 0 Å². The molecule has 0 aliphatic carbocycles. The summed E-state index contributed by atoms with van der Waals surface area (Å²) in [4.78, 5) is 8.33. The van der Waals surface area contributed by atoms with Crippen molar-refractivity contribution in [3.63, 3.8) is 0 Å². The highest BCUT2D eigenvalue weighted by Crippen LogP contribution is 2.22. The summed E-state index contributed by atoms with van der Waals surface area (Å²) in [7, 11) is 0. The summed E-state index contributed by atoms with van der Waals surface area (Å²) >= 11 is 1.69. The fourth-order valence-corrected chi connectivity index (χ4v) is 3.87. The van der Waals surface area contributed by atoms with Gasteiger partial charge in [0.1, 0.15) is 0 Å². The van der Waals surface area contributed by atoms with E-state index in [-0.39, 0.29) is 0 Å². The van der Waals surface area contributed by atoms with Crippen molar-refractivity contribution < 1.29 is 0 Å². The summed E-state index contributed by atoms with van der Waals surface area (Å²) in [5.74, 6) is 0. The van der Waals surface area contributed by atoms with Crippen LogP contribution in [0, 0.1) is 6.92 Å². The highest BCUT2D eigenvalue weighted by Gasteiger charge is 2.25. The van der Waals surface area contributed by atoms with E-state index < -0.39 is 0 Å². The van der Waals surface area contributed by atoms with E-state index in [4.69, 9.17) is 4.98 Å². The van der Waals surface area contributed by atoms with Gasteiger partial charge in [0, 0.05) is 36.6 Å². The van der Waals surface area contributed by atoms with Gasteiger partial charge >= 0.3 is 0 Å². The fourth-order valence-electron chi connectivity index (χ4n) is 3.15. The van der Waals surface area contributed by atoms with Crippen LogP contribution in [0.3, 0.4) is 0 Å². The smallest absolute Gasteiger partial charge is 0.193 e. The molecular weight excluding hydrogens is 282 g/mol. The Hall–Kier alpha value is -1.66. The molecule has 0 N–H and O–H groups in total. The van der Waals surface area contributed by atoms with Crippen molar-refractivity contribution in [2.24, 2.45) is 0 Å².